The van der Waals surface area contributed by atoms with Crippen LogP contribution >= 0.6 is 22.6 Å². The Bertz CT molecular complexity index is 1920. The Hall–Kier alpha value is -4.86. The van der Waals surface area contributed by atoms with Crippen LogP contribution in [0.25, 0.3) is 10.8 Å². The van der Waals surface area contributed by atoms with Gasteiger partial charge in [-0.05, 0) is 82.6 Å². The van der Waals surface area contributed by atoms with E-state index in [1.165, 1.54) is 12.1 Å². The molecule has 0 aromatic heterocycles. The number of hydrogen-bond acceptors (Lipinski definition) is 2. The summed E-state index contributed by atoms with van der Waals surface area (Å²) in [4.78, 5) is 8.76. The van der Waals surface area contributed by atoms with Crippen LogP contribution in [0, 0.1) is 9.39 Å². The molecule has 4 N–H and O–H groups in total. The summed E-state index contributed by atoms with van der Waals surface area (Å²) >= 11 is 2.04. The fourth-order valence-corrected chi connectivity index (χ4v) is 4.76. The maximum atomic E-state index is 14.0. The van der Waals surface area contributed by atoms with Crippen molar-refractivity contribution in [3.8, 4) is 0 Å². The number of hydrazine groups is 1. The van der Waals surface area contributed by atoms with Crippen molar-refractivity contribution in [2.24, 2.45) is 9.98 Å². The lowest BCUT2D eigenvalue weighted by atomic mass is 10.1. The third-order valence-electron chi connectivity index (χ3n) is 6.38. The van der Waals surface area contributed by atoms with Gasteiger partial charge in [0.15, 0.2) is 0 Å². The minimum Gasteiger partial charge on any atom is -0.325 e. The predicted molar refractivity (Wildman–Crippen MR) is 174 cm³/mol. The molecule has 0 saturated heterocycles. The van der Waals surface area contributed by atoms with Gasteiger partial charge in [-0.3, -0.25) is 10.9 Å². The van der Waals surface area contributed by atoms with Crippen molar-refractivity contribution in [2.45, 2.75) is 12.4 Å². The first-order chi connectivity index (χ1) is 21.9. The van der Waals surface area contributed by atoms with E-state index in [1.807, 2.05) is 46.9 Å². The summed E-state index contributed by atoms with van der Waals surface area (Å²) in [7, 11) is 0. The second-order valence-corrected chi connectivity index (χ2v) is 10.8. The molecule has 236 valence electrons. The zero-order valence-corrected chi connectivity index (χ0v) is 25.5. The Morgan fingerprint density at radius 3 is 2.04 bits per heavy atom. The van der Waals surface area contributed by atoms with E-state index >= 15 is 0 Å². The number of nitrogens with one attached hydrogen (secondary N) is 4. The highest BCUT2D eigenvalue weighted by molar-refractivity contribution is 14.1. The first-order valence-corrected chi connectivity index (χ1v) is 14.4. The number of halogens is 8. The van der Waals surface area contributed by atoms with Gasteiger partial charge in [-0.15, -0.1) is 0 Å². The zero-order valence-electron chi connectivity index (χ0n) is 23.3. The van der Waals surface area contributed by atoms with E-state index in [1.54, 1.807) is 42.5 Å². The standard InChI is InChI=1S/C32H22F7IN6/c33-25-16-15-22(18-24(25)32(37,38)39)42-29(43-27-14-5-8-19-7-1-2-11-23(19)27)45-46-30(44-28-13-4-3-12-26(28)40)41-21-10-6-9-20(17-21)31(34,35)36/h1-18H,(H2,41,44,46)(H2,42,43,45). The summed E-state index contributed by atoms with van der Waals surface area (Å²) in [6, 6.07) is 26.4. The highest BCUT2D eigenvalue weighted by atomic mass is 127. The number of guanidine groups is 2. The lowest BCUT2D eigenvalue weighted by Crippen LogP contribution is -2.47. The molecule has 0 amide bonds. The van der Waals surface area contributed by atoms with Crippen LogP contribution in [0.4, 0.5) is 53.5 Å². The van der Waals surface area contributed by atoms with Crippen molar-refractivity contribution in [1.82, 2.24) is 10.9 Å². The maximum absolute atomic E-state index is 14.0. The molecule has 0 radical (unpaired) electrons. The molecule has 0 aliphatic rings. The van der Waals surface area contributed by atoms with Crippen molar-refractivity contribution >= 4 is 68.0 Å². The quantitative estimate of drug-likeness (QED) is 0.0486. The van der Waals surface area contributed by atoms with Crippen LogP contribution in [0.5, 0.6) is 0 Å². The summed E-state index contributed by atoms with van der Waals surface area (Å²) < 4.78 is 95.3. The number of rotatable bonds is 4. The molecule has 0 heterocycles. The smallest absolute Gasteiger partial charge is 0.325 e. The van der Waals surface area contributed by atoms with Crippen LogP contribution in [0.2, 0.25) is 0 Å². The summed E-state index contributed by atoms with van der Waals surface area (Å²) in [5.74, 6) is -1.68. The van der Waals surface area contributed by atoms with E-state index in [-0.39, 0.29) is 23.3 Å². The number of aliphatic imine (C=N–C) groups is 2. The number of nitrogens with zero attached hydrogens (tertiary/aromatic N) is 2. The van der Waals surface area contributed by atoms with Crippen molar-refractivity contribution in [3.63, 3.8) is 0 Å². The second kappa shape index (κ2) is 13.6. The lowest BCUT2D eigenvalue weighted by Gasteiger charge is -2.18. The zero-order chi connectivity index (χ0) is 32.9. The van der Waals surface area contributed by atoms with E-state index < -0.39 is 29.3 Å². The van der Waals surface area contributed by atoms with E-state index in [0.29, 0.717) is 23.5 Å². The Morgan fingerprint density at radius 1 is 0.630 bits per heavy atom. The monoisotopic (exact) mass is 750 g/mol. The van der Waals surface area contributed by atoms with Crippen LogP contribution < -0.4 is 21.5 Å². The van der Waals surface area contributed by atoms with Gasteiger partial charge in [0.05, 0.1) is 22.5 Å². The van der Waals surface area contributed by atoms with E-state index in [4.69, 9.17) is 0 Å². The van der Waals surface area contributed by atoms with Crippen molar-refractivity contribution in [2.75, 3.05) is 10.6 Å². The number of para-hydroxylation sites is 1. The molecule has 46 heavy (non-hydrogen) atoms. The van der Waals surface area contributed by atoms with E-state index in [9.17, 15) is 30.7 Å². The number of fused-ring (bicyclic) bond motifs is 1. The normalized spacial score (nSPS) is 12.6. The van der Waals surface area contributed by atoms with Gasteiger partial charge in [0.2, 0.25) is 11.9 Å². The van der Waals surface area contributed by atoms with Gasteiger partial charge in [0.1, 0.15) is 5.82 Å². The minimum absolute atomic E-state index is 0.0441. The molecular formula is C32H22F7IN6. The van der Waals surface area contributed by atoms with E-state index in [0.717, 1.165) is 32.5 Å². The molecule has 14 heteroatoms. The molecule has 5 rings (SSSR count). The molecule has 0 spiro atoms. The molecule has 0 unspecified atom stereocenters. The summed E-state index contributed by atoms with van der Waals surface area (Å²) in [5.41, 5.74) is 3.90. The first kappa shape index (κ1) is 32.5. The average Bonchev–Trinajstić information content (AvgIpc) is 3.01. The van der Waals surface area contributed by atoms with Crippen molar-refractivity contribution in [1.29, 1.82) is 0 Å². The van der Waals surface area contributed by atoms with Crippen molar-refractivity contribution in [3.05, 3.63) is 130 Å². The van der Waals surface area contributed by atoms with Crippen LogP contribution in [0.1, 0.15) is 11.1 Å². The highest BCUT2D eigenvalue weighted by Crippen LogP contribution is 2.34. The first-order valence-electron chi connectivity index (χ1n) is 13.4. The van der Waals surface area contributed by atoms with Crippen LogP contribution in [0.3, 0.4) is 0 Å². The molecule has 0 atom stereocenters. The fourth-order valence-electron chi connectivity index (χ4n) is 4.26. The molecular weight excluding hydrogens is 728 g/mol. The summed E-state index contributed by atoms with van der Waals surface area (Å²) in [5, 5.41) is 7.45. The third kappa shape index (κ3) is 8.24. The third-order valence-corrected chi connectivity index (χ3v) is 7.29. The van der Waals surface area contributed by atoms with Crippen molar-refractivity contribution < 1.29 is 30.7 Å². The lowest BCUT2D eigenvalue weighted by molar-refractivity contribution is -0.140. The van der Waals surface area contributed by atoms with Gasteiger partial charge in [0, 0.05) is 20.3 Å². The average molecular weight is 750 g/mol. The SMILES string of the molecule is Fc1ccc(N=C(NNC(=Nc2ccccc2I)Nc2cccc(C(F)(F)F)c2)Nc2cccc3ccccc23)cc1C(F)(F)F. The Kier molecular flexibility index (Phi) is 9.65. The summed E-state index contributed by atoms with van der Waals surface area (Å²) in [6.45, 7) is 0. The summed E-state index contributed by atoms with van der Waals surface area (Å²) in [6.07, 6.45) is -9.56. The van der Waals surface area contributed by atoms with Crippen LogP contribution in [-0.4, -0.2) is 11.9 Å². The Labute approximate surface area is 271 Å². The Morgan fingerprint density at radius 2 is 1.30 bits per heavy atom. The van der Waals surface area contributed by atoms with Gasteiger partial charge in [0.25, 0.3) is 0 Å². The van der Waals surface area contributed by atoms with Crippen LogP contribution in [0.15, 0.2) is 119 Å². The van der Waals surface area contributed by atoms with Gasteiger partial charge in [-0.2, -0.15) is 26.3 Å². The minimum atomic E-state index is -4.97. The molecule has 0 saturated carbocycles. The Balaban J connectivity index is 1.54. The molecule has 5 aromatic rings. The maximum Gasteiger partial charge on any atom is 0.419 e. The molecule has 0 bridgehead atoms. The predicted octanol–water partition coefficient (Wildman–Crippen LogP) is 9.61. The fraction of sp³-hybridized carbons (Fsp3) is 0.0625. The highest BCUT2D eigenvalue weighted by Gasteiger charge is 2.34. The molecule has 5 aromatic carbocycles. The van der Waals surface area contributed by atoms with Gasteiger partial charge < -0.3 is 10.6 Å². The number of anilines is 2. The van der Waals surface area contributed by atoms with Crippen LogP contribution in [-0.2, 0) is 12.4 Å². The molecule has 0 aliphatic carbocycles. The second-order valence-electron chi connectivity index (χ2n) is 9.64. The molecule has 6 nitrogen and oxygen atoms in total. The molecule has 0 aliphatic heterocycles. The number of benzene rings is 5. The van der Waals surface area contributed by atoms with Gasteiger partial charge in [-0.25, -0.2) is 14.4 Å². The van der Waals surface area contributed by atoms with Gasteiger partial charge >= 0.3 is 12.4 Å². The largest absolute Gasteiger partial charge is 0.419 e. The van der Waals surface area contributed by atoms with Gasteiger partial charge in [-0.1, -0.05) is 54.6 Å². The number of alkyl halides is 6. The number of hydrogen-bond donors (Lipinski definition) is 4. The molecule has 0 fully saturated rings. The van der Waals surface area contributed by atoms with E-state index in [2.05, 4.69) is 31.5 Å². The topological polar surface area (TPSA) is 72.8 Å².